The molecule has 2 nitrogen and oxygen atoms in total. The van der Waals surface area contributed by atoms with Gasteiger partial charge in [0.05, 0.1) is 0 Å². The standard InChI is InChI=1S/C43H66O2/c1-32(2)17-11-18-33(3)19-12-20-34(4)21-13-22-35(5)23-14-24-36(6)25-15-26-37(7)27-16-28-38(8)29-30-41-31-42(44)39(9)40(10)43(41)45/h17,19,21,23,25,27,29,31,44-45H,11-16,18,20,22,24,26,28,30H2,1-10H3/b33-19-,34-21+,35-23+,36-25+,37-27+,38-29-. The number of hydrogen-bond acceptors (Lipinski definition) is 2. The van der Waals surface area contributed by atoms with Crippen molar-refractivity contribution in [1.82, 2.24) is 0 Å². The van der Waals surface area contributed by atoms with Crippen LogP contribution in [0.15, 0.2) is 87.6 Å². The van der Waals surface area contributed by atoms with Gasteiger partial charge in [-0.05, 0) is 170 Å². The molecule has 0 aromatic heterocycles. The minimum Gasteiger partial charge on any atom is -0.508 e. The zero-order chi connectivity index (χ0) is 33.8. The van der Waals surface area contributed by atoms with E-state index in [9.17, 15) is 10.2 Å². The smallest absolute Gasteiger partial charge is 0.122 e. The average Bonchev–Trinajstić information content (AvgIpc) is 2.97. The minimum atomic E-state index is 0.255. The lowest BCUT2D eigenvalue weighted by Crippen LogP contribution is -1.91. The fourth-order valence-electron chi connectivity index (χ4n) is 5.32. The first-order valence-corrected chi connectivity index (χ1v) is 17.4. The van der Waals surface area contributed by atoms with Crippen LogP contribution in [0.2, 0.25) is 0 Å². The van der Waals surface area contributed by atoms with Crippen LogP contribution < -0.4 is 0 Å². The molecule has 1 rings (SSSR count). The Labute approximate surface area is 278 Å². The third-order valence-electron chi connectivity index (χ3n) is 8.84. The maximum atomic E-state index is 10.4. The second kappa shape index (κ2) is 22.5. The average molecular weight is 615 g/mol. The van der Waals surface area contributed by atoms with Gasteiger partial charge in [-0.2, -0.15) is 0 Å². The Morgan fingerprint density at radius 2 is 0.778 bits per heavy atom. The van der Waals surface area contributed by atoms with E-state index in [2.05, 4.69) is 97.9 Å². The van der Waals surface area contributed by atoms with E-state index in [1.165, 1.54) is 51.9 Å². The van der Waals surface area contributed by atoms with E-state index in [0.717, 1.165) is 80.9 Å². The summed E-state index contributed by atoms with van der Waals surface area (Å²) in [4.78, 5) is 0. The molecule has 250 valence electrons. The Bertz CT molecular complexity index is 1270. The van der Waals surface area contributed by atoms with Crippen molar-refractivity contribution in [2.45, 2.75) is 153 Å². The fraction of sp³-hybridized carbons (Fsp3) is 0.535. The summed E-state index contributed by atoms with van der Waals surface area (Å²) in [5, 5.41) is 20.5. The number of aromatic hydroxyl groups is 2. The van der Waals surface area contributed by atoms with Gasteiger partial charge in [0, 0.05) is 5.56 Å². The predicted molar refractivity (Wildman–Crippen MR) is 200 cm³/mol. The monoisotopic (exact) mass is 615 g/mol. The van der Waals surface area contributed by atoms with Crippen LogP contribution in [0.4, 0.5) is 0 Å². The van der Waals surface area contributed by atoms with E-state index < -0.39 is 0 Å². The molecule has 0 aliphatic rings. The Hall–Kier alpha value is -3.00. The highest BCUT2D eigenvalue weighted by Gasteiger charge is 2.10. The molecular formula is C43H66O2. The van der Waals surface area contributed by atoms with Crippen LogP contribution in [0, 0.1) is 13.8 Å². The summed E-state index contributed by atoms with van der Waals surface area (Å²) in [7, 11) is 0. The van der Waals surface area contributed by atoms with Gasteiger partial charge in [0.15, 0.2) is 0 Å². The lowest BCUT2D eigenvalue weighted by Gasteiger charge is -2.10. The molecule has 0 unspecified atom stereocenters. The van der Waals surface area contributed by atoms with Crippen molar-refractivity contribution < 1.29 is 10.2 Å². The van der Waals surface area contributed by atoms with Crippen LogP contribution in [-0.4, -0.2) is 10.2 Å². The van der Waals surface area contributed by atoms with Crippen molar-refractivity contribution >= 4 is 0 Å². The molecule has 2 heteroatoms. The van der Waals surface area contributed by atoms with Gasteiger partial charge in [0.2, 0.25) is 0 Å². The maximum absolute atomic E-state index is 10.4. The Morgan fingerprint density at radius 1 is 0.467 bits per heavy atom. The number of allylic oxidation sites excluding steroid dienone is 14. The van der Waals surface area contributed by atoms with E-state index in [0.29, 0.717) is 12.2 Å². The van der Waals surface area contributed by atoms with Crippen LogP contribution >= 0.6 is 0 Å². The molecule has 0 amide bonds. The quantitative estimate of drug-likeness (QED) is 0.113. The van der Waals surface area contributed by atoms with Crippen molar-refractivity contribution in [3.63, 3.8) is 0 Å². The Kier molecular flexibility index (Phi) is 20.0. The van der Waals surface area contributed by atoms with Gasteiger partial charge in [-0.1, -0.05) is 81.5 Å². The maximum Gasteiger partial charge on any atom is 0.122 e. The van der Waals surface area contributed by atoms with Crippen molar-refractivity contribution in [2.75, 3.05) is 0 Å². The summed E-state index contributed by atoms with van der Waals surface area (Å²) in [6.45, 7) is 21.5. The van der Waals surface area contributed by atoms with E-state index in [-0.39, 0.29) is 5.75 Å². The Morgan fingerprint density at radius 3 is 1.11 bits per heavy atom. The third kappa shape index (κ3) is 18.5. The zero-order valence-corrected chi connectivity index (χ0v) is 30.7. The van der Waals surface area contributed by atoms with Crippen molar-refractivity contribution in [3.05, 3.63) is 104 Å². The van der Waals surface area contributed by atoms with E-state index >= 15 is 0 Å². The summed E-state index contributed by atoms with van der Waals surface area (Å²) < 4.78 is 0. The van der Waals surface area contributed by atoms with Crippen molar-refractivity contribution in [2.24, 2.45) is 0 Å². The van der Waals surface area contributed by atoms with E-state index in [4.69, 9.17) is 0 Å². The van der Waals surface area contributed by atoms with Gasteiger partial charge in [-0.25, -0.2) is 0 Å². The summed E-state index contributed by atoms with van der Waals surface area (Å²) in [5.74, 6) is 0.555. The van der Waals surface area contributed by atoms with E-state index in [1.54, 1.807) is 6.07 Å². The molecule has 0 aliphatic carbocycles. The van der Waals surface area contributed by atoms with Crippen LogP contribution in [0.3, 0.4) is 0 Å². The number of hydrogen-bond donors (Lipinski definition) is 2. The highest BCUT2D eigenvalue weighted by atomic mass is 16.3. The molecule has 0 radical (unpaired) electrons. The van der Waals surface area contributed by atoms with Gasteiger partial charge in [0.25, 0.3) is 0 Å². The molecule has 2 N–H and O–H groups in total. The lowest BCUT2D eigenvalue weighted by atomic mass is 9.99. The largest absolute Gasteiger partial charge is 0.508 e. The Balaban J connectivity index is 2.31. The molecule has 1 aromatic carbocycles. The number of phenolic OH excluding ortho intramolecular Hbond substituents is 2. The van der Waals surface area contributed by atoms with Crippen LogP contribution in [0.1, 0.15) is 149 Å². The first kappa shape index (κ1) is 40.0. The highest BCUT2D eigenvalue weighted by molar-refractivity contribution is 5.51. The van der Waals surface area contributed by atoms with Gasteiger partial charge in [-0.3, -0.25) is 0 Å². The predicted octanol–water partition coefficient (Wildman–Crippen LogP) is 13.6. The van der Waals surface area contributed by atoms with Gasteiger partial charge in [-0.15, -0.1) is 0 Å². The zero-order valence-electron chi connectivity index (χ0n) is 30.7. The molecule has 0 saturated carbocycles. The molecule has 0 aliphatic heterocycles. The van der Waals surface area contributed by atoms with Gasteiger partial charge < -0.3 is 10.2 Å². The third-order valence-corrected chi connectivity index (χ3v) is 8.84. The van der Waals surface area contributed by atoms with E-state index in [1.807, 2.05) is 13.8 Å². The minimum absolute atomic E-state index is 0.255. The summed E-state index contributed by atoms with van der Waals surface area (Å²) >= 11 is 0. The summed E-state index contributed by atoms with van der Waals surface area (Å²) in [6.07, 6.45) is 30.7. The summed E-state index contributed by atoms with van der Waals surface area (Å²) in [5.41, 5.74) is 12.5. The van der Waals surface area contributed by atoms with Gasteiger partial charge >= 0.3 is 0 Å². The topological polar surface area (TPSA) is 40.5 Å². The molecule has 0 atom stereocenters. The molecule has 0 bridgehead atoms. The molecule has 0 fully saturated rings. The number of benzene rings is 1. The first-order chi connectivity index (χ1) is 21.3. The molecule has 1 aromatic rings. The molecule has 0 saturated heterocycles. The summed E-state index contributed by atoms with van der Waals surface area (Å²) in [6, 6.07) is 1.69. The van der Waals surface area contributed by atoms with Crippen molar-refractivity contribution in [1.29, 1.82) is 0 Å². The normalized spacial score (nSPS) is 13.9. The molecule has 0 heterocycles. The van der Waals surface area contributed by atoms with Crippen LogP contribution in [0.5, 0.6) is 11.5 Å². The molecule has 0 spiro atoms. The highest BCUT2D eigenvalue weighted by Crippen LogP contribution is 2.32. The second-order valence-electron chi connectivity index (χ2n) is 13.7. The van der Waals surface area contributed by atoms with Gasteiger partial charge in [0.1, 0.15) is 11.5 Å². The first-order valence-electron chi connectivity index (χ1n) is 17.4. The fourth-order valence-corrected chi connectivity index (χ4v) is 5.32. The molecule has 45 heavy (non-hydrogen) atoms. The number of rotatable bonds is 20. The molecular weight excluding hydrogens is 548 g/mol. The van der Waals surface area contributed by atoms with Crippen molar-refractivity contribution in [3.8, 4) is 11.5 Å². The lowest BCUT2D eigenvalue weighted by molar-refractivity contribution is 0.448. The SMILES string of the molecule is CC(C)=CCC/C(C)=C\CC/C(C)=C/CC/C(C)=C/CC/C(C)=C/CC/C(C)=C/CC/C(C)=C\Cc1cc(O)c(C)c(C)c1O. The van der Waals surface area contributed by atoms with Crippen LogP contribution in [-0.2, 0) is 6.42 Å². The second-order valence-corrected chi connectivity index (χ2v) is 13.7. The number of phenols is 2. The van der Waals surface area contributed by atoms with Crippen LogP contribution in [0.25, 0.3) is 0 Å².